The van der Waals surface area contributed by atoms with Crippen molar-refractivity contribution in [3.05, 3.63) is 32.7 Å². The van der Waals surface area contributed by atoms with Crippen molar-refractivity contribution in [1.82, 2.24) is 4.57 Å². The fraction of sp³-hybridized carbons (Fsp3) is 0.375. The standard InChI is InChI=1S/C8H10BrNO2/c1-6-4-8(12)10(2-3-11)5-7(6)9/h4-5,11H,2-3H2,1H3. The van der Waals surface area contributed by atoms with Gasteiger partial charge >= 0.3 is 0 Å². The molecule has 0 atom stereocenters. The molecule has 4 heteroatoms. The van der Waals surface area contributed by atoms with Gasteiger partial charge in [0.05, 0.1) is 6.61 Å². The first-order chi connectivity index (χ1) is 5.65. The van der Waals surface area contributed by atoms with Gasteiger partial charge in [-0.1, -0.05) is 0 Å². The Balaban J connectivity index is 3.14. The Morgan fingerprint density at radius 3 is 2.92 bits per heavy atom. The SMILES string of the molecule is Cc1cc(=O)n(CCO)cc1Br. The Kier molecular flexibility index (Phi) is 3.05. The zero-order chi connectivity index (χ0) is 9.14. The molecule has 0 spiro atoms. The highest BCUT2D eigenvalue weighted by atomic mass is 79.9. The van der Waals surface area contributed by atoms with Crippen molar-refractivity contribution in [3.63, 3.8) is 0 Å². The zero-order valence-electron chi connectivity index (χ0n) is 6.75. The third-order valence-electron chi connectivity index (χ3n) is 1.61. The molecule has 1 N–H and O–H groups in total. The van der Waals surface area contributed by atoms with Crippen LogP contribution in [-0.4, -0.2) is 16.3 Å². The number of hydrogen-bond acceptors (Lipinski definition) is 2. The highest BCUT2D eigenvalue weighted by Gasteiger charge is 1.99. The van der Waals surface area contributed by atoms with E-state index in [0.717, 1.165) is 10.0 Å². The molecule has 0 saturated heterocycles. The third kappa shape index (κ3) is 1.95. The predicted octanol–water partition coefficient (Wildman–Crippen LogP) is 0.912. The van der Waals surface area contributed by atoms with Gasteiger partial charge in [-0.2, -0.15) is 0 Å². The van der Waals surface area contributed by atoms with Crippen LogP contribution in [0.25, 0.3) is 0 Å². The molecule has 12 heavy (non-hydrogen) atoms. The van der Waals surface area contributed by atoms with Crippen molar-refractivity contribution in [3.8, 4) is 0 Å². The van der Waals surface area contributed by atoms with Gasteiger partial charge in [0, 0.05) is 23.3 Å². The molecule has 3 nitrogen and oxygen atoms in total. The van der Waals surface area contributed by atoms with E-state index in [1.807, 2.05) is 6.92 Å². The summed E-state index contributed by atoms with van der Waals surface area (Å²) >= 11 is 3.31. The molecule has 0 amide bonds. The van der Waals surface area contributed by atoms with E-state index in [1.165, 1.54) is 4.57 Å². The first kappa shape index (κ1) is 9.48. The second-order valence-electron chi connectivity index (χ2n) is 2.56. The topological polar surface area (TPSA) is 42.2 Å². The largest absolute Gasteiger partial charge is 0.395 e. The molecule has 0 bridgehead atoms. The van der Waals surface area contributed by atoms with Gasteiger partial charge in [0.25, 0.3) is 5.56 Å². The molecule has 0 radical (unpaired) electrons. The fourth-order valence-electron chi connectivity index (χ4n) is 0.922. The molecule has 66 valence electrons. The van der Waals surface area contributed by atoms with Crippen molar-refractivity contribution in [1.29, 1.82) is 0 Å². The minimum atomic E-state index is -0.0789. The molecule has 0 aliphatic heterocycles. The second-order valence-corrected chi connectivity index (χ2v) is 3.41. The van der Waals surface area contributed by atoms with E-state index in [1.54, 1.807) is 12.3 Å². The monoisotopic (exact) mass is 231 g/mol. The maximum absolute atomic E-state index is 11.2. The Morgan fingerprint density at radius 2 is 2.33 bits per heavy atom. The number of nitrogens with zero attached hydrogens (tertiary/aromatic N) is 1. The van der Waals surface area contributed by atoms with Crippen LogP contribution in [0.15, 0.2) is 21.5 Å². The van der Waals surface area contributed by atoms with E-state index in [2.05, 4.69) is 15.9 Å². The van der Waals surface area contributed by atoms with Gasteiger partial charge in [0.15, 0.2) is 0 Å². The number of aromatic nitrogens is 1. The number of rotatable bonds is 2. The molecular weight excluding hydrogens is 222 g/mol. The van der Waals surface area contributed by atoms with E-state index >= 15 is 0 Å². The lowest BCUT2D eigenvalue weighted by Crippen LogP contribution is -2.20. The van der Waals surface area contributed by atoms with Crippen molar-refractivity contribution < 1.29 is 5.11 Å². The summed E-state index contributed by atoms with van der Waals surface area (Å²) in [5.74, 6) is 0. The van der Waals surface area contributed by atoms with Crippen molar-refractivity contribution >= 4 is 15.9 Å². The van der Waals surface area contributed by atoms with Gasteiger partial charge in [0.1, 0.15) is 0 Å². The van der Waals surface area contributed by atoms with Crippen LogP contribution in [0.2, 0.25) is 0 Å². The van der Waals surface area contributed by atoms with Crippen molar-refractivity contribution in [2.45, 2.75) is 13.5 Å². The van der Waals surface area contributed by atoms with Crippen molar-refractivity contribution in [2.75, 3.05) is 6.61 Å². The minimum Gasteiger partial charge on any atom is -0.395 e. The highest BCUT2D eigenvalue weighted by molar-refractivity contribution is 9.10. The number of aliphatic hydroxyl groups excluding tert-OH is 1. The molecule has 1 aromatic rings. The van der Waals surface area contributed by atoms with Crippen molar-refractivity contribution in [2.24, 2.45) is 0 Å². The van der Waals surface area contributed by atoms with E-state index in [-0.39, 0.29) is 12.2 Å². The summed E-state index contributed by atoms with van der Waals surface area (Å²) in [5, 5.41) is 8.63. The van der Waals surface area contributed by atoms with Crippen LogP contribution >= 0.6 is 15.9 Å². The van der Waals surface area contributed by atoms with Gasteiger partial charge in [-0.15, -0.1) is 0 Å². The first-order valence-corrected chi connectivity index (χ1v) is 4.42. The van der Waals surface area contributed by atoms with Gasteiger partial charge in [-0.25, -0.2) is 0 Å². The van der Waals surface area contributed by atoms with E-state index < -0.39 is 0 Å². The van der Waals surface area contributed by atoms with Crippen LogP contribution < -0.4 is 5.56 Å². The van der Waals surface area contributed by atoms with Crippen LogP contribution in [0.1, 0.15) is 5.56 Å². The maximum Gasteiger partial charge on any atom is 0.250 e. The van der Waals surface area contributed by atoms with Crippen LogP contribution in [0.5, 0.6) is 0 Å². The molecular formula is C8H10BrNO2. The lowest BCUT2D eigenvalue weighted by atomic mass is 10.3. The van der Waals surface area contributed by atoms with Crippen LogP contribution in [-0.2, 0) is 6.54 Å². The summed E-state index contributed by atoms with van der Waals surface area (Å²) in [6, 6.07) is 1.54. The molecule has 0 saturated carbocycles. The summed E-state index contributed by atoms with van der Waals surface area (Å²) in [4.78, 5) is 11.2. The molecule has 0 unspecified atom stereocenters. The van der Waals surface area contributed by atoms with Gasteiger partial charge in [0.2, 0.25) is 0 Å². The summed E-state index contributed by atoms with van der Waals surface area (Å²) in [6.45, 7) is 2.18. The average molecular weight is 232 g/mol. The molecule has 0 aliphatic carbocycles. The third-order valence-corrected chi connectivity index (χ3v) is 2.44. The van der Waals surface area contributed by atoms with E-state index in [4.69, 9.17) is 5.11 Å². The Morgan fingerprint density at radius 1 is 1.67 bits per heavy atom. The molecule has 0 fully saturated rings. The minimum absolute atomic E-state index is 0.0184. The molecule has 0 aliphatic rings. The van der Waals surface area contributed by atoms with Crippen LogP contribution in [0.3, 0.4) is 0 Å². The lowest BCUT2D eigenvalue weighted by Gasteiger charge is -2.04. The summed E-state index contributed by atoms with van der Waals surface area (Å²) in [6.07, 6.45) is 1.69. The Bertz CT molecular complexity index is 332. The summed E-state index contributed by atoms with van der Waals surface area (Å²) < 4.78 is 2.35. The Labute approximate surface area is 78.8 Å². The summed E-state index contributed by atoms with van der Waals surface area (Å²) in [7, 11) is 0. The quantitative estimate of drug-likeness (QED) is 0.823. The number of hydrogen-bond donors (Lipinski definition) is 1. The number of aliphatic hydroxyl groups is 1. The van der Waals surface area contributed by atoms with E-state index in [9.17, 15) is 4.79 Å². The van der Waals surface area contributed by atoms with E-state index in [0.29, 0.717) is 6.54 Å². The maximum atomic E-state index is 11.2. The number of aryl methyl sites for hydroxylation is 1. The second kappa shape index (κ2) is 3.87. The predicted molar refractivity (Wildman–Crippen MR) is 50.2 cm³/mol. The average Bonchev–Trinajstić information content (AvgIpc) is 2.01. The molecule has 1 rings (SSSR count). The van der Waals surface area contributed by atoms with Crippen LogP contribution in [0.4, 0.5) is 0 Å². The number of halogens is 1. The molecule has 1 aromatic heterocycles. The summed E-state index contributed by atoms with van der Waals surface area (Å²) in [5.41, 5.74) is 0.832. The fourth-order valence-corrected chi connectivity index (χ4v) is 1.28. The lowest BCUT2D eigenvalue weighted by molar-refractivity contribution is 0.274. The Hall–Kier alpha value is -0.610. The normalized spacial score (nSPS) is 10.2. The zero-order valence-corrected chi connectivity index (χ0v) is 8.34. The molecule has 1 heterocycles. The van der Waals surface area contributed by atoms with Gasteiger partial charge < -0.3 is 9.67 Å². The highest BCUT2D eigenvalue weighted by Crippen LogP contribution is 2.11. The van der Waals surface area contributed by atoms with Gasteiger partial charge in [-0.05, 0) is 28.4 Å². The molecule has 0 aromatic carbocycles. The first-order valence-electron chi connectivity index (χ1n) is 3.62. The van der Waals surface area contributed by atoms with Crippen LogP contribution in [0, 0.1) is 6.92 Å². The smallest absolute Gasteiger partial charge is 0.250 e. The van der Waals surface area contributed by atoms with Gasteiger partial charge in [-0.3, -0.25) is 4.79 Å². The number of pyridine rings is 1.